The summed E-state index contributed by atoms with van der Waals surface area (Å²) in [5, 5.41) is 3.16. The highest BCUT2D eigenvalue weighted by atomic mass is 16.3. The van der Waals surface area contributed by atoms with E-state index in [4.69, 9.17) is 4.42 Å². The van der Waals surface area contributed by atoms with Gasteiger partial charge in [0.2, 0.25) is 0 Å². The average Bonchev–Trinajstić information content (AvgIpc) is 3.43. The third kappa shape index (κ3) is 3.96. The summed E-state index contributed by atoms with van der Waals surface area (Å²) in [5.74, 6) is -0.922. The van der Waals surface area contributed by atoms with Gasteiger partial charge in [-0.2, -0.15) is 0 Å². The first-order valence-electron chi connectivity index (χ1n) is 10.5. The van der Waals surface area contributed by atoms with E-state index in [1.54, 1.807) is 18.2 Å². The largest absolute Gasteiger partial charge is 0.467 e. The van der Waals surface area contributed by atoms with Gasteiger partial charge in [0.25, 0.3) is 11.8 Å². The van der Waals surface area contributed by atoms with Gasteiger partial charge in [0, 0.05) is 29.2 Å². The number of imide groups is 2. The Balaban J connectivity index is 1.53. The van der Waals surface area contributed by atoms with Crippen molar-refractivity contribution in [3.05, 3.63) is 101 Å². The number of barbiturate groups is 1. The van der Waals surface area contributed by atoms with Crippen LogP contribution in [0.25, 0.3) is 17.0 Å². The summed E-state index contributed by atoms with van der Waals surface area (Å²) in [4.78, 5) is 38.9. The van der Waals surface area contributed by atoms with E-state index in [0.29, 0.717) is 12.3 Å². The van der Waals surface area contributed by atoms with Crippen molar-refractivity contribution >= 4 is 34.8 Å². The van der Waals surface area contributed by atoms with E-state index < -0.39 is 17.8 Å². The van der Waals surface area contributed by atoms with Crippen molar-refractivity contribution in [3.63, 3.8) is 0 Å². The summed E-state index contributed by atoms with van der Waals surface area (Å²) in [6.45, 7) is 2.64. The Morgan fingerprint density at radius 2 is 1.82 bits per heavy atom. The summed E-state index contributed by atoms with van der Waals surface area (Å²) in [6, 6.07) is 18.7. The molecule has 1 fully saturated rings. The maximum Gasteiger partial charge on any atom is 0.331 e. The number of aromatic nitrogens is 1. The predicted octanol–water partition coefficient (Wildman–Crippen LogP) is 4.25. The van der Waals surface area contributed by atoms with Crippen molar-refractivity contribution < 1.29 is 18.8 Å². The van der Waals surface area contributed by atoms with Crippen molar-refractivity contribution in [1.29, 1.82) is 0 Å². The van der Waals surface area contributed by atoms with Crippen LogP contribution < -0.4 is 5.32 Å². The van der Waals surface area contributed by atoms with E-state index >= 15 is 0 Å². The van der Waals surface area contributed by atoms with Gasteiger partial charge in [-0.05, 0) is 36.8 Å². The number of hydrogen-bond donors (Lipinski definition) is 1. The molecule has 0 aliphatic carbocycles. The molecule has 1 aliphatic rings. The maximum absolute atomic E-state index is 13.1. The number of carbonyl (C=O) groups is 3. The quantitative estimate of drug-likeness (QED) is 0.372. The molecule has 1 N–H and O–H groups in total. The molecule has 2 aromatic heterocycles. The molecular formula is C26H21N3O4. The molecule has 0 atom stereocenters. The Hall–Kier alpha value is -4.39. The zero-order valence-electron chi connectivity index (χ0n) is 17.9. The zero-order chi connectivity index (χ0) is 22.9. The minimum Gasteiger partial charge on any atom is -0.467 e. The number of carbonyl (C=O) groups excluding carboxylic acids is 3. The minimum absolute atomic E-state index is 0.0581. The molecular weight excluding hydrogens is 418 g/mol. The topological polar surface area (TPSA) is 84.6 Å². The molecule has 4 aromatic rings. The second-order valence-corrected chi connectivity index (χ2v) is 8.01. The molecule has 5 rings (SSSR count). The summed E-state index contributed by atoms with van der Waals surface area (Å²) >= 11 is 0. The lowest BCUT2D eigenvalue weighted by Crippen LogP contribution is -2.53. The van der Waals surface area contributed by atoms with Crippen LogP contribution in [0.1, 0.15) is 22.5 Å². The maximum atomic E-state index is 13.1. The molecule has 1 aliphatic heterocycles. The molecule has 0 radical (unpaired) electrons. The first-order valence-corrected chi connectivity index (χ1v) is 10.5. The van der Waals surface area contributed by atoms with Crippen LogP contribution in [0.3, 0.4) is 0 Å². The first kappa shape index (κ1) is 20.5. The zero-order valence-corrected chi connectivity index (χ0v) is 17.9. The Bertz CT molecular complexity index is 1410. The van der Waals surface area contributed by atoms with Crippen LogP contribution in [0.2, 0.25) is 0 Å². The molecule has 2 aromatic carbocycles. The number of rotatable bonds is 5. The number of para-hydroxylation sites is 1. The summed E-state index contributed by atoms with van der Waals surface area (Å²) in [7, 11) is 0. The van der Waals surface area contributed by atoms with Crippen LogP contribution >= 0.6 is 0 Å². The number of benzene rings is 2. The molecule has 7 nitrogen and oxygen atoms in total. The molecule has 1 saturated heterocycles. The predicted molar refractivity (Wildman–Crippen MR) is 123 cm³/mol. The van der Waals surface area contributed by atoms with E-state index in [2.05, 4.69) is 35.0 Å². The van der Waals surface area contributed by atoms with Crippen LogP contribution in [-0.2, 0) is 22.7 Å². The Morgan fingerprint density at radius 1 is 0.970 bits per heavy atom. The van der Waals surface area contributed by atoms with Crippen molar-refractivity contribution in [1.82, 2.24) is 14.8 Å². The van der Waals surface area contributed by atoms with Gasteiger partial charge in [-0.1, -0.05) is 48.0 Å². The Kier molecular flexibility index (Phi) is 5.14. The molecule has 0 unspecified atom stereocenters. The van der Waals surface area contributed by atoms with Crippen LogP contribution in [0.5, 0.6) is 0 Å². The minimum atomic E-state index is -0.763. The molecule has 0 spiro atoms. The highest BCUT2D eigenvalue weighted by molar-refractivity contribution is 6.31. The third-order valence-electron chi connectivity index (χ3n) is 5.63. The molecule has 4 amide bonds. The number of nitrogens with one attached hydrogen (secondary N) is 1. The number of fused-ring (bicyclic) bond motifs is 1. The summed E-state index contributed by atoms with van der Waals surface area (Å²) in [6.07, 6.45) is 4.94. The lowest BCUT2D eigenvalue weighted by molar-refractivity contribution is -0.130. The van der Waals surface area contributed by atoms with Crippen molar-refractivity contribution in [3.8, 4) is 0 Å². The second kappa shape index (κ2) is 8.27. The number of nitrogens with zero attached hydrogens (tertiary/aromatic N) is 2. The van der Waals surface area contributed by atoms with Crippen molar-refractivity contribution in [2.75, 3.05) is 0 Å². The van der Waals surface area contributed by atoms with Gasteiger partial charge in [0.15, 0.2) is 0 Å². The van der Waals surface area contributed by atoms with E-state index in [1.807, 2.05) is 36.5 Å². The number of hydrogen-bond acceptors (Lipinski definition) is 4. The number of aryl methyl sites for hydroxylation is 1. The third-order valence-corrected chi connectivity index (χ3v) is 5.63. The van der Waals surface area contributed by atoms with E-state index in [0.717, 1.165) is 26.9 Å². The molecule has 0 bridgehead atoms. The van der Waals surface area contributed by atoms with Crippen molar-refractivity contribution in [2.24, 2.45) is 0 Å². The number of urea groups is 1. The van der Waals surface area contributed by atoms with Gasteiger partial charge in [-0.25, -0.2) is 4.79 Å². The van der Waals surface area contributed by atoms with Crippen LogP contribution in [0.15, 0.2) is 83.1 Å². The molecule has 0 saturated carbocycles. The standard InChI is InChI=1S/C26H21N3O4/c1-17-6-4-7-18(12-17)14-28-15-19(21-9-2-3-10-23(21)28)13-22-24(30)27-26(32)29(25(22)31)16-20-8-5-11-33-20/h2-13,15H,14,16H2,1H3,(H,27,30,32)/b22-13-. The lowest BCUT2D eigenvalue weighted by Gasteiger charge is -2.25. The molecule has 7 heteroatoms. The Labute approximate surface area is 189 Å². The van der Waals surface area contributed by atoms with Crippen LogP contribution in [0, 0.1) is 6.92 Å². The van der Waals surface area contributed by atoms with Crippen LogP contribution in [-0.4, -0.2) is 27.3 Å². The molecule has 33 heavy (non-hydrogen) atoms. The van der Waals surface area contributed by atoms with Crippen molar-refractivity contribution in [2.45, 2.75) is 20.0 Å². The fourth-order valence-electron chi connectivity index (χ4n) is 4.08. The monoisotopic (exact) mass is 439 g/mol. The lowest BCUT2D eigenvalue weighted by atomic mass is 10.1. The first-order chi connectivity index (χ1) is 16.0. The molecule has 3 heterocycles. The summed E-state index contributed by atoms with van der Waals surface area (Å²) < 4.78 is 7.35. The fraction of sp³-hybridized carbons (Fsp3) is 0.115. The van der Waals surface area contributed by atoms with Gasteiger partial charge < -0.3 is 8.98 Å². The smallest absolute Gasteiger partial charge is 0.331 e. The highest BCUT2D eigenvalue weighted by Gasteiger charge is 2.36. The summed E-state index contributed by atoms with van der Waals surface area (Å²) in [5.41, 5.74) is 3.94. The fourth-order valence-corrected chi connectivity index (χ4v) is 4.08. The molecule has 164 valence electrons. The van der Waals surface area contributed by atoms with E-state index in [1.165, 1.54) is 11.8 Å². The van der Waals surface area contributed by atoms with E-state index in [-0.39, 0.29) is 12.1 Å². The van der Waals surface area contributed by atoms with E-state index in [9.17, 15) is 14.4 Å². The second-order valence-electron chi connectivity index (χ2n) is 8.01. The Morgan fingerprint density at radius 3 is 2.61 bits per heavy atom. The van der Waals surface area contributed by atoms with Gasteiger partial charge in [-0.3, -0.25) is 19.8 Å². The SMILES string of the molecule is Cc1cccc(Cn2cc(/C=C3/C(=O)NC(=O)N(Cc4ccco4)C3=O)c3ccccc32)c1. The highest BCUT2D eigenvalue weighted by Crippen LogP contribution is 2.26. The van der Waals surface area contributed by atoms with Gasteiger partial charge in [0.1, 0.15) is 11.3 Å². The number of amides is 4. The van der Waals surface area contributed by atoms with Crippen LogP contribution in [0.4, 0.5) is 4.79 Å². The van der Waals surface area contributed by atoms with Gasteiger partial charge in [0.05, 0.1) is 12.8 Å². The van der Waals surface area contributed by atoms with Gasteiger partial charge >= 0.3 is 6.03 Å². The average molecular weight is 439 g/mol. The van der Waals surface area contributed by atoms with Gasteiger partial charge in [-0.15, -0.1) is 0 Å². The number of furan rings is 1. The normalized spacial score (nSPS) is 15.5.